The lowest BCUT2D eigenvalue weighted by molar-refractivity contribution is -0.137. The Labute approximate surface area is 198 Å². The molecule has 2 heterocycles. The number of hydrogen-bond donors (Lipinski definition) is 1. The van der Waals surface area contributed by atoms with Crippen LogP contribution in [0.15, 0.2) is 60.8 Å². The van der Waals surface area contributed by atoms with Gasteiger partial charge in [0.2, 0.25) is 5.91 Å². The Morgan fingerprint density at radius 3 is 2.65 bits per heavy atom. The van der Waals surface area contributed by atoms with Gasteiger partial charge in [-0.1, -0.05) is 12.1 Å². The van der Waals surface area contributed by atoms with E-state index in [-0.39, 0.29) is 11.9 Å². The van der Waals surface area contributed by atoms with Crippen molar-refractivity contribution in [1.82, 2.24) is 20.2 Å². The highest BCUT2D eigenvalue weighted by molar-refractivity contribution is 5.99. The van der Waals surface area contributed by atoms with E-state index in [2.05, 4.69) is 10.3 Å². The maximum Gasteiger partial charge on any atom is 0.252 e. The summed E-state index contributed by atoms with van der Waals surface area (Å²) in [6.45, 7) is 3.92. The summed E-state index contributed by atoms with van der Waals surface area (Å²) in [5, 5.41) is 2.79. The largest absolute Gasteiger partial charge is 0.497 e. The maximum atomic E-state index is 13.5. The van der Waals surface area contributed by atoms with Gasteiger partial charge >= 0.3 is 0 Å². The molecule has 34 heavy (non-hydrogen) atoms. The van der Waals surface area contributed by atoms with Crippen LogP contribution in [0.25, 0.3) is 11.4 Å². The molecule has 0 unspecified atom stereocenters. The number of methoxy groups -OCH3 is 1. The summed E-state index contributed by atoms with van der Waals surface area (Å²) in [6.07, 6.45) is 3.29. The van der Waals surface area contributed by atoms with E-state index in [4.69, 9.17) is 9.72 Å². The van der Waals surface area contributed by atoms with Gasteiger partial charge < -0.3 is 15.0 Å². The molecule has 8 heteroatoms. The lowest BCUT2D eigenvalue weighted by atomic mass is 10.0. The number of ether oxygens (including phenoxy) is 1. The number of carbonyl (C=O) groups is 2. The summed E-state index contributed by atoms with van der Waals surface area (Å²) in [7, 11) is 1.61. The topological polar surface area (TPSA) is 84.4 Å². The SMILES string of the molecule is COc1cccc(-c2nccc([C@@H]3CCCN3C(=O)C(C)(C)NC(=O)c3ccc(F)cc3)n2)c1. The van der Waals surface area contributed by atoms with Gasteiger partial charge in [-0.15, -0.1) is 0 Å². The van der Waals surface area contributed by atoms with Gasteiger partial charge in [0.05, 0.1) is 18.8 Å². The molecule has 1 aromatic heterocycles. The number of benzene rings is 2. The van der Waals surface area contributed by atoms with E-state index < -0.39 is 17.3 Å². The molecule has 1 fully saturated rings. The molecule has 0 bridgehead atoms. The lowest BCUT2D eigenvalue weighted by Crippen LogP contribution is -2.55. The number of likely N-dealkylation sites (tertiary alicyclic amines) is 1. The van der Waals surface area contributed by atoms with Gasteiger partial charge in [0.25, 0.3) is 5.91 Å². The first-order chi connectivity index (χ1) is 16.3. The van der Waals surface area contributed by atoms with E-state index in [1.165, 1.54) is 24.3 Å². The van der Waals surface area contributed by atoms with Crippen molar-refractivity contribution >= 4 is 11.8 Å². The van der Waals surface area contributed by atoms with E-state index >= 15 is 0 Å². The molecule has 2 aromatic carbocycles. The third-order valence-corrected chi connectivity index (χ3v) is 5.93. The van der Waals surface area contributed by atoms with E-state index in [0.717, 1.165) is 24.1 Å². The van der Waals surface area contributed by atoms with Crippen molar-refractivity contribution in [3.63, 3.8) is 0 Å². The Hall–Kier alpha value is -3.81. The van der Waals surface area contributed by atoms with Gasteiger partial charge in [0.15, 0.2) is 5.82 Å². The van der Waals surface area contributed by atoms with Gasteiger partial charge in [0.1, 0.15) is 17.1 Å². The fourth-order valence-electron chi connectivity index (χ4n) is 4.15. The molecule has 2 amide bonds. The van der Waals surface area contributed by atoms with Crippen LogP contribution in [0.1, 0.15) is 48.8 Å². The van der Waals surface area contributed by atoms with Crippen LogP contribution in [0.2, 0.25) is 0 Å². The van der Waals surface area contributed by atoms with Gasteiger partial charge in [-0.25, -0.2) is 14.4 Å². The van der Waals surface area contributed by atoms with Gasteiger partial charge in [-0.2, -0.15) is 0 Å². The average Bonchev–Trinajstić information content (AvgIpc) is 3.33. The summed E-state index contributed by atoms with van der Waals surface area (Å²) >= 11 is 0. The Balaban J connectivity index is 1.54. The number of amides is 2. The van der Waals surface area contributed by atoms with Gasteiger partial charge in [-0.05, 0) is 69.2 Å². The molecule has 3 aromatic rings. The Kier molecular flexibility index (Phi) is 6.58. The third-order valence-electron chi connectivity index (χ3n) is 5.93. The van der Waals surface area contributed by atoms with Crippen LogP contribution >= 0.6 is 0 Å². The highest BCUT2D eigenvalue weighted by atomic mass is 19.1. The fourth-order valence-corrected chi connectivity index (χ4v) is 4.15. The van der Waals surface area contributed by atoms with E-state index in [1.807, 2.05) is 30.3 Å². The summed E-state index contributed by atoms with van der Waals surface area (Å²) in [5.74, 6) is 0.204. The highest BCUT2D eigenvalue weighted by Crippen LogP contribution is 2.33. The van der Waals surface area contributed by atoms with Crippen molar-refractivity contribution in [1.29, 1.82) is 0 Å². The summed E-state index contributed by atoms with van der Waals surface area (Å²) in [6, 6.07) is 14.3. The second-order valence-corrected chi connectivity index (χ2v) is 8.78. The predicted molar refractivity (Wildman–Crippen MR) is 126 cm³/mol. The number of nitrogens with zero attached hydrogens (tertiary/aromatic N) is 3. The molecule has 176 valence electrons. The molecule has 4 rings (SSSR count). The molecule has 0 saturated carbocycles. The zero-order chi connectivity index (χ0) is 24.3. The van der Waals surface area contributed by atoms with Crippen molar-refractivity contribution in [3.8, 4) is 17.1 Å². The van der Waals surface area contributed by atoms with Crippen LogP contribution in [0.5, 0.6) is 5.75 Å². The van der Waals surface area contributed by atoms with Crippen molar-refractivity contribution < 1.29 is 18.7 Å². The maximum absolute atomic E-state index is 13.5. The van der Waals surface area contributed by atoms with Gasteiger partial charge in [-0.3, -0.25) is 9.59 Å². The first-order valence-corrected chi connectivity index (χ1v) is 11.1. The molecule has 1 aliphatic rings. The minimum Gasteiger partial charge on any atom is -0.497 e. The number of hydrogen-bond acceptors (Lipinski definition) is 5. The quantitative estimate of drug-likeness (QED) is 0.595. The minimum absolute atomic E-state index is 0.202. The molecule has 1 N–H and O–H groups in total. The molecule has 1 atom stereocenters. The monoisotopic (exact) mass is 462 g/mol. The molecular weight excluding hydrogens is 435 g/mol. The van der Waals surface area contributed by atoms with Crippen LogP contribution in [0, 0.1) is 5.82 Å². The van der Waals surface area contributed by atoms with Crippen molar-refractivity contribution in [2.45, 2.75) is 38.3 Å². The van der Waals surface area contributed by atoms with Crippen molar-refractivity contribution in [3.05, 3.63) is 77.9 Å². The third kappa shape index (κ3) is 4.90. The van der Waals surface area contributed by atoms with Crippen molar-refractivity contribution in [2.75, 3.05) is 13.7 Å². The Morgan fingerprint density at radius 2 is 1.91 bits per heavy atom. The molecule has 0 radical (unpaired) electrons. The van der Waals surface area contributed by atoms with Crippen LogP contribution in [-0.4, -0.2) is 45.9 Å². The van der Waals surface area contributed by atoms with E-state index in [1.54, 1.807) is 32.1 Å². The first-order valence-electron chi connectivity index (χ1n) is 11.1. The number of aromatic nitrogens is 2. The Morgan fingerprint density at radius 1 is 1.15 bits per heavy atom. The molecule has 1 saturated heterocycles. The van der Waals surface area contributed by atoms with Crippen molar-refractivity contribution in [2.24, 2.45) is 0 Å². The number of rotatable bonds is 6. The standard InChI is InChI=1S/C26H27FN4O3/c1-26(2,30-24(32)17-9-11-19(27)12-10-17)25(33)31-15-5-8-22(31)21-13-14-28-23(29-21)18-6-4-7-20(16-18)34-3/h4,6-7,9-14,16,22H,5,8,15H2,1-3H3,(H,30,32)/t22-/m0/s1. The second kappa shape index (κ2) is 9.59. The summed E-state index contributed by atoms with van der Waals surface area (Å²) < 4.78 is 18.5. The number of nitrogens with one attached hydrogen (secondary N) is 1. The van der Waals surface area contributed by atoms with E-state index in [0.29, 0.717) is 23.7 Å². The minimum atomic E-state index is -1.16. The predicted octanol–water partition coefficient (Wildman–Crippen LogP) is 4.16. The highest BCUT2D eigenvalue weighted by Gasteiger charge is 2.40. The number of carbonyl (C=O) groups excluding carboxylic acids is 2. The second-order valence-electron chi connectivity index (χ2n) is 8.78. The zero-order valence-electron chi connectivity index (χ0n) is 19.4. The number of halogens is 1. The summed E-state index contributed by atoms with van der Waals surface area (Å²) in [4.78, 5) is 37.1. The lowest BCUT2D eigenvalue weighted by Gasteiger charge is -2.33. The van der Waals surface area contributed by atoms with Gasteiger partial charge in [0, 0.05) is 23.9 Å². The first kappa shape index (κ1) is 23.4. The fraction of sp³-hybridized carbons (Fsp3) is 0.308. The Bertz CT molecular complexity index is 1200. The van der Waals surface area contributed by atoms with Crippen LogP contribution < -0.4 is 10.1 Å². The normalized spacial score (nSPS) is 15.8. The van der Waals surface area contributed by atoms with Crippen LogP contribution in [-0.2, 0) is 4.79 Å². The molecule has 1 aliphatic heterocycles. The average molecular weight is 463 g/mol. The molecule has 0 spiro atoms. The smallest absolute Gasteiger partial charge is 0.252 e. The molecular formula is C26H27FN4O3. The zero-order valence-corrected chi connectivity index (χ0v) is 19.4. The van der Waals surface area contributed by atoms with Crippen LogP contribution in [0.4, 0.5) is 4.39 Å². The molecule has 0 aliphatic carbocycles. The molecule has 7 nitrogen and oxygen atoms in total. The van der Waals surface area contributed by atoms with E-state index in [9.17, 15) is 14.0 Å². The summed E-state index contributed by atoms with van der Waals surface area (Å²) in [5.41, 5.74) is 0.707. The van der Waals surface area contributed by atoms with Crippen LogP contribution in [0.3, 0.4) is 0 Å².